The van der Waals surface area contributed by atoms with Crippen LogP contribution in [0, 0.1) is 5.82 Å². The van der Waals surface area contributed by atoms with Crippen LogP contribution in [0.3, 0.4) is 0 Å². The van der Waals surface area contributed by atoms with Gasteiger partial charge in [0, 0.05) is 19.2 Å². The lowest BCUT2D eigenvalue weighted by molar-refractivity contribution is -0.123. The van der Waals surface area contributed by atoms with E-state index in [4.69, 9.17) is 0 Å². The molecule has 2 rings (SSSR count). The van der Waals surface area contributed by atoms with E-state index < -0.39 is 5.82 Å². The third-order valence-electron chi connectivity index (χ3n) is 3.38. The minimum Gasteiger partial charge on any atom is -0.354 e. The van der Waals surface area contributed by atoms with Crippen LogP contribution in [0.25, 0.3) is 0 Å². The first-order chi connectivity index (χ1) is 11.1. The number of carbonyl (C=O) groups excluding carboxylic acids is 2. The molecule has 0 bridgehead atoms. The standard InChI is InChI=1S/C18H19FN2O2/c1-14(22)21(17-9-5-8-16(19)12-17)13-18(23)20-11-10-15-6-3-2-4-7-15/h2-9,12H,10-11,13H2,1H3,(H,20,23). The zero-order chi connectivity index (χ0) is 16.7. The van der Waals surface area contributed by atoms with Crippen molar-refractivity contribution in [2.75, 3.05) is 18.0 Å². The maximum atomic E-state index is 13.3. The van der Waals surface area contributed by atoms with E-state index in [0.29, 0.717) is 18.7 Å². The lowest BCUT2D eigenvalue weighted by Gasteiger charge is -2.20. The number of amides is 2. The minimum absolute atomic E-state index is 0.131. The van der Waals surface area contributed by atoms with Gasteiger partial charge in [0.1, 0.15) is 12.4 Å². The smallest absolute Gasteiger partial charge is 0.240 e. The van der Waals surface area contributed by atoms with Gasteiger partial charge in [-0.15, -0.1) is 0 Å². The molecule has 5 heteroatoms. The SMILES string of the molecule is CC(=O)N(CC(=O)NCCc1ccccc1)c1cccc(F)c1. The first kappa shape index (κ1) is 16.7. The lowest BCUT2D eigenvalue weighted by Crippen LogP contribution is -2.40. The van der Waals surface area contributed by atoms with E-state index in [1.807, 2.05) is 30.3 Å². The molecule has 2 aromatic rings. The highest BCUT2D eigenvalue weighted by Gasteiger charge is 2.15. The molecule has 0 saturated heterocycles. The van der Waals surface area contributed by atoms with Crippen molar-refractivity contribution in [3.63, 3.8) is 0 Å². The molecule has 0 fully saturated rings. The van der Waals surface area contributed by atoms with Gasteiger partial charge in [0.15, 0.2) is 0 Å². The lowest BCUT2D eigenvalue weighted by atomic mass is 10.1. The topological polar surface area (TPSA) is 49.4 Å². The Kier molecular flexibility index (Phi) is 5.86. The molecule has 0 aromatic heterocycles. The van der Waals surface area contributed by atoms with Gasteiger partial charge in [-0.25, -0.2) is 4.39 Å². The second-order valence-corrected chi connectivity index (χ2v) is 5.17. The Morgan fingerprint density at radius 3 is 2.48 bits per heavy atom. The second-order valence-electron chi connectivity index (χ2n) is 5.17. The van der Waals surface area contributed by atoms with Crippen LogP contribution in [0.2, 0.25) is 0 Å². The van der Waals surface area contributed by atoms with Gasteiger partial charge in [-0.05, 0) is 30.2 Å². The van der Waals surface area contributed by atoms with Crippen LogP contribution in [0.4, 0.5) is 10.1 Å². The number of nitrogens with zero attached hydrogens (tertiary/aromatic N) is 1. The van der Waals surface area contributed by atoms with E-state index in [0.717, 1.165) is 5.56 Å². The molecule has 0 aliphatic heterocycles. The monoisotopic (exact) mass is 314 g/mol. The molecule has 4 nitrogen and oxygen atoms in total. The Morgan fingerprint density at radius 1 is 1.09 bits per heavy atom. The van der Waals surface area contributed by atoms with Gasteiger partial charge < -0.3 is 10.2 Å². The quantitative estimate of drug-likeness (QED) is 0.891. The molecule has 1 N–H and O–H groups in total. The summed E-state index contributed by atoms with van der Waals surface area (Å²) in [5.41, 5.74) is 1.50. The van der Waals surface area contributed by atoms with E-state index in [1.54, 1.807) is 6.07 Å². The van der Waals surface area contributed by atoms with Crippen LogP contribution in [0.1, 0.15) is 12.5 Å². The number of hydrogen-bond donors (Lipinski definition) is 1. The average molecular weight is 314 g/mol. The number of benzene rings is 2. The van der Waals surface area contributed by atoms with E-state index in [9.17, 15) is 14.0 Å². The molecule has 0 aliphatic rings. The molecule has 0 unspecified atom stereocenters. The van der Waals surface area contributed by atoms with E-state index in [2.05, 4.69) is 5.32 Å². The Labute approximate surface area is 134 Å². The summed E-state index contributed by atoms with van der Waals surface area (Å²) in [4.78, 5) is 25.0. The van der Waals surface area contributed by atoms with Crippen LogP contribution in [0.5, 0.6) is 0 Å². The van der Waals surface area contributed by atoms with Gasteiger partial charge in [0.2, 0.25) is 11.8 Å². The maximum absolute atomic E-state index is 13.3. The first-order valence-electron chi connectivity index (χ1n) is 7.40. The predicted molar refractivity (Wildman–Crippen MR) is 87.6 cm³/mol. The minimum atomic E-state index is -0.446. The van der Waals surface area contributed by atoms with Crippen LogP contribution >= 0.6 is 0 Å². The van der Waals surface area contributed by atoms with Crippen molar-refractivity contribution in [3.8, 4) is 0 Å². The van der Waals surface area contributed by atoms with E-state index in [1.165, 1.54) is 30.0 Å². The highest BCUT2D eigenvalue weighted by molar-refractivity contribution is 5.97. The molecule has 0 saturated carbocycles. The van der Waals surface area contributed by atoms with Gasteiger partial charge in [0.25, 0.3) is 0 Å². The Morgan fingerprint density at radius 2 is 1.83 bits per heavy atom. The largest absolute Gasteiger partial charge is 0.354 e. The van der Waals surface area contributed by atoms with Crippen LogP contribution in [0.15, 0.2) is 54.6 Å². The molecule has 0 spiro atoms. The van der Waals surface area contributed by atoms with Crippen molar-refractivity contribution in [2.45, 2.75) is 13.3 Å². The van der Waals surface area contributed by atoms with Gasteiger partial charge in [-0.2, -0.15) is 0 Å². The molecular weight excluding hydrogens is 295 g/mol. The fraction of sp³-hybridized carbons (Fsp3) is 0.222. The van der Waals surface area contributed by atoms with Crippen molar-refractivity contribution in [2.24, 2.45) is 0 Å². The molecule has 0 aliphatic carbocycles. The molecule has 2 aromatic carbocycles. The highest BCUT2D eigenvalue weighted by atomic mass is 19.1. The zero-order valence-electron chi connectivity index (χ0n) is 13.0. The molecule has 0 radical (unpaired) electrons. The normalized spacial score (nSPS) is 10.2. The predicted octanol–water partition coefficient (Wildman–Crippen LogP) is 2.54. The molecule has 120 valence electrons. The summed E-state index contributed by atoms with van der Waals surface area (Å²) >= 11 is 0. The molecule has 2 amide bonds. The van der Waals surface area contributed by atoms with Crippen molar-refractivity contribution >= 4 is 17.5 Å². The van der Waals surface area contributed by atoms with Crippen LogP contribution < -0.4 is 10.2 Å². The molecule has 23 heavy (non-hydrogen) atoms. The summed E-state index contributed by atoms with van der Waals surface area (Å²) in [6.45, 7) is 1.70. The van der Waals surface area contributed by atoms with Crippen molar-refractivity contribution < 1.29 is 14.0 Å². The first-order valence-corrected chi connectivity index (χ1v) is 7.40. The zero-order valence-corrected chi connectivity index (χ0v) is 13.0. The number of nitrogens with one attached hydrogen (secondary N) is 1. The summed E-state index contributed by atoms with van der Waals surface area (Å²) in [6.07, 6.45) is 0.715. The molecule has 0 heterocycles. The number of hydrogen-bond acceptors (Lipinski definition) is 2. The third kappa shape index (κ3) is 5.21. The Bertz CT molecular complexity index is 674. The number of anilines is 1. The summed E-state index contributed by atoms with van der Waals surface area (Å²) in [6, 6.07) is 15.4. The third-order valence-corrected chi connectivity index (χ3v) is 3.38. The van der Waals surface area contributed by atoms with Gasteiger partial charge >= 0.3 is 0 Å². The molecule has 0 atom stereocenters. The van der Waals surface area contributed by atoms with Gasteiger partial charge in [-0.1, -0.05) is 36.4 Å². The van der Waals surface area contributed by atoms with E-state index >= 15 is 0 Å². The number of carbonyl (C=O) groups is 2. The van der Waals surface area contributed by atoms with Crippen molar-refractivity contribution in [3.05, 3.63) is 66.0 Å². The average Bonchev–Trinajstić information content (AvgIpc) is 2.53. The highest BCUT2D eigenvalue weighted by Crippen LogP contribution is 2.15. The summed E-state index contributed by atoms with van der Waals surface area (Å²) < 4.78 is 13.3. The second kappa shape index (κ2) is 8.08. The van der Waals surface area contributed by atoms with Crippen LogP contribution in [-0.2, 0) is 16.0 Å². The molecular formula is C18H19FN2O2. The summed E-state index contributed by atoms with van der Waals surface area (Å²) in [7, 11) is 0. The summed E-state index contributed by atoms with van der Waals surface area (Å²) in [5, 5.41) is 2.77. The fourth-order valence-electron chi connectivity index (χ4n) is 2.22. The van der Waals surface area contributed by atoms with Gasteiger partial charge in [0.05, 0.1) is 0 Å². The van der Waals surface area contributed by atoms with Gasteiger partial charge in [-0.3, -0.25) is 9.59 Å². The Balaban J connectivity index is 1.90. The van der Waals surface area contributed by atoms with Crippen molar-refractivity contribution in [1.29, 1.82) is 0 Å². The Hall–Kier alpha value is -2.69. The summed E-state index contributed by atoms with van der Waals surface area (Å²) in [5.74, 6) is -1.03. The van der Waals surface area contributed by atoms with Crippen LogP contribution in [-0.4, -0.2) is 24.9 Å². The number of halogens is 1. The number of rotatable bonds is 6. The van der Waals surface area contributed by atoms with E-state index in [-0.39, 0.29) is 18.4 Å². The van der Waals surface area contributed by atoms with Crippen molar-refractivity contribution in [1.82, 2.24) is 5.32 Å². The maximum Gasteiger partial charge on any atom is 0.240 e. The fourth-order valence-corrected chi connectivity index (χ4v) is 2.22.